The lowest BCUT2D eigenvalue weighted by molar-refractivity contribution is 0.0942. The standard InChI is InChI=1S/C17H28N2O2/c1-4-7-12-21-15-10-8-14(9-11-15)16(20)19-13-17(18,5-2)6-3/h8-11H,4-7,12-13,18H2,1-3H3,(H,19,20). The van der Waals surface area contributed by atoms with E-state index < -0.39 is 0 Å². The molecule has 1 aromatic rings. The number of rotatable bonds is 9. The fraction of sp³-hybridized carbons (Fsp3) is 0.588. The maximum absolute atomic E-state index is 12.1. The van der Waals surface area contributed by atoms with Crippen molar-refractivity contribution < 1.29 is 9.53 Å². The number of hydrogen-bond acceptors (Lipinski definition) is 3. The average Bonchev–Trinajstić information content (AvgIpc) is 2.53. The number of hydrogen-bond donors (Lipinski definition) is 2. The summed E-state index contributed by atoms with van der Waals surface area (Å²) in [4.78, 5) is 12.1. The number of carbonyl (C=O) groups is 1. The van der Waals surface area contributed by atoms with Crippen molar-refractivity contribution in [1.82, 2.24) is 5.32 Å². The Morgan fingerprint density at radius 1 is 1.19 bits per heavy atom. The van der Waals surface area contributed by atoms with Crippen molar-refractivity contribution in [3.63, 3.8) is 0 Å². The van der Waals surface area contributed by atoms with Gasteiger partial charge in [0.1, 0.15) is 5.75 Å². The van der Waals surface area contributed by atoms with Crippen LogP contribution in [0.4, 0.5) is 0 Å². The summed E-state index contributed by atoms with van der Waals surface area (Å²) in [7, 11) is 0. The van der Waals surface area contributed by atoms with Gasteiger partial charge in [-0.05, 0) is 43.5 Å². The number of nitrogens with two attached hydrogens (primary N) is 1. The first kappa shape index (κ1) is 17.5. The van der Waals surface area contributed by atoms with E-state index in [1.54, 1.807) is 12.1 Å². The molecular formula is C17H28N2O2. The summed E-state index contributed by atoms with van der Waals surface area (Å²) < 4.78 is 5.58. The molecule has 0 aromatic heterocycles. The zero-order valence-corrected chi connectivity index (χ0v) is 13.4. The average molecular weight is 292 g/mol. The Morgan fingerprint density at radius 2 is 1.81 bits per heavy atom. The molecule has 1 aromatic carbocycles. The molecule has 1 amide bonds. The Labute approximate surface area is 128 Å². The van der Waals surface area contributed by atoms with Gasteiger partial charge in [-0.3, -0.25) is 4.79 Å². The number of ether oxygens (including phenoxy) is 1. The monoisotopic (exact) mass is 292 g/mol. The van der Waals surface area contributed by atoms with E-state index in [4.69, 9.17) is 10.5 Å². The zero-order valence-electron chi connectivity index (χ0n) is 13.4. The van der Waals surface area contributed by atoms with Crippen LogP contribution in [0.2, 0.25) is 0 Å². The molecule has 118 valence electrons. The van der Waals surface area contributed by atoms with Gasteiger partial charge in [0.05, 0.1) is 6.61 Å². The molecule has 0 spiro atoms. The summed E-state index contributed by atoms with van der Waals surface area (Å²) in [6.07, 6.45) is 3.83. The fourth-order valence-electron chi connectivity index (χ4n) is 1.90. The molecule has 21 heavy (non-hydrogen) atoms. The van der Waals surface area contributed by atoms with Gasteiger partial charge in [-0.1, -0.05) is 27.2 Å². The second-order valence-corrected chi connectivity index (χ2v) is 5.48. The molecule has 0 bridgehead atoms. The number of amides is 1. The first-order chi connectivity index (χ1) is 10.0. The molecule has 4 nitrogen and oxygen atoms in total. The highest BCUT2D eigenvalue weighted by atomic mass is 16.5. The van der Waals surface area contributed by atoms with E-state index in [-0.39, 0.29) is 11.4 Å². The van der Waals surface area contributed by atoms with Gasteiger partial charge in [0.25, 0.3) is 5.91 Å². The van der Waals surface area contributed by atoms with Crippen molar-refractivity contribution in [3.05, 3.63) is 29.8 Å². The predicted molar refractivity (Wildman–Crippen MR) is 86.7 cm³/mol. The Bertz CT molecular complexity index is 425. The second-order valence-electron chi connectivity index (χ2n) is 5.48. The summed E-state index contributed by atoms with van der Waals surface area (Å²) in [6.45, 7) is 7.41. The molecule has 3 N–H and O–H groups in total. The zero-order chi connectivity index (χ0) is 15.7. The highest BCUT2D eigenvalue weighted by molar-refractivity contribution is 5.94. The molecule has 0 aliphatic carbocycles. The normalized spacial score (nSPS) is 11.2. The van der Waals surface area contributed by atoms with Gasteiger partial charge in [0, 0.05) is 17.6 Å². The van der Waals surface area contributed by atoms with Gasteiger partial charge in [0.2, 0.25) is 0 Å². The van der Waals surface area contributed by atoms with E-state index in [0.717, 1.165) is 31.4 Å². The maximum atomic E-state index is 12.1. The van der Waals surface area contributed by atoms with Crippen molar-refractivity contribution in [3.8, 4) is 5.75 Å². The molecule has 0 saturated heterocycles. The van der Waals surface area contributed by atoms with E-state index in [9.17, 15) is 4.79 Å². The van der Waals surface area contributed by atoms with Gasteiger partial charge in [-0.15, -0.1) is 0 Å². The quantitative estimate of drug-likeness (QED) is 0.687. The van der Waals surface area contributed by atoms with Crippen molar-refractivity contribution >= 4 is 5.91 Å². The summed E-state index contributed by atoms with van der Waals surface area (Å²) in [5.74, 6) is 0.710. The van der Waals surface area contributed by atoms with E-state index in [2.05, 4.69) is 12.2 Å². The van der Waals surface area contributed by atoms with Crippen molar-refractivity contribution in [2.75, 3.05) is 13.2 Å². The summed E-state index contributed by atoms with van der Waals surface area (Å²) >= 11 is 0. The largest absolute Gasteiger partial charge is 0.494 e. The third-order valence-electron chi connectivity index (χ3n) is 3.89. The minimum atomic E-state index is -0.321. The van der Waals surface area contributed by atoms with Gasteiger partial charge in [-0.25, -0.2) is 0 Å². The maximum Gasteiger partial charge on any atom is 0.251 e. The molecule has 0 aliphatic heterocycles. The van der Waals surface area contributed by atoms with Crippen LogP contribution in [0.15, 0.2) is 24.3 Å². The highest BCUT2D eigenvalue weighted by Crippen LogP contribution is 2.14. The van der Waals surface area contributed by atoms with Crippen molar-refractivity contribution in [2.45, 2.75) is 52.0 Å². The minimum absolute atomic E-state index is 0.0909. The first-order valence-corrected chi connectivity index (χ1v) is 7.84. The van der Waals surface area contributed by atoms with E-state index >= 15 is 0 Å². The third kappa shape index (κ3) is 5.76. The van der Waals surface area contributed by atoms with Crippen LogP contribution in [0.1, 0.15) is 56.8 Å². The molecule has 0 radical (unpaired) electrons. The Morgan fingerprint density at radius 3 is 2.33 bits per heavy atom. The SMILES string of the molecule is CCCCOc1ccc(C(=O)NCC(N)(CC)CC)cc1. The molecule has 0 aliphatic rings. The van der Waals surface area contributed by atoms with Crippen molar-refractivity contribution in [1.29, 1.82) is 0 Å². The Hall–Kier alpha value is -1.55. The molecule has 4 heteroatoms. The highest BCUT2D eigenvalue weighted by Gasteiger charge is 2.21. The van der Waals surface area contributed by atoms with Crippen LogP contribution in [0.25, 0.3) is 0 Å². The van der Waals surface area contributed by atoms with E-state index in [1.165, 1.54) is 0 Å². The van der Waals surface area contributed by atoms with Crippen LogP contribution in [0, 0.1) is 0 Å². The molecule has 0 atom stereocenters. The number of carbonyl (C=O) groups excluding carboxylic acids is 1. The summed E-state index contributed by atoms with van der Waals surface area (Å²) in [5.41, 5.74) is 6.49. The van der Waals surface area contributed by atoms with Crippen molar-refractivity contribution in [2.24, 2.45) is 5.73 Å². The molecule has 1 rings (SSSR count). The van der Waals surface area contributed by atoms with Crippen LogP contribution in [0.3, 0.4) is 0 Å². The van der Waals surface area contributed by atoms with Gasteiger partial charge < -0.3 is 15.8 Å². The molecule has 0 fully saturated rings. The van der Waals surface area contributed by atoms with E-state index in [1.807, 2.05) is 26.0 Å². The number of benzene rings is 1. The Kier molecular flexibility index (Phi) is 7.23. The third-order valence-corrected chi connectivity index (χ3v) is 3.89. The van der Waals surface area contributed by atoms with Crippen LogP contribution in [-0.4, -0.2) is 24.6 Å². The first-order valence-electron chi connectivity index (χ1n) is 7.84. The van der Waals surface area contributed by atoms with E-state index in [0.29, 0.717) is 18.7 Å². The lowest BCUT2D eigenvalue weighted by Gasteiger charge is -2.26. The van der Waals surface area contributed by atoms with Gasteiger partial charge in [0.15, 0.2) is 0 Å². The smallest absolute Gasteiger partial charge is 0.251 e. The molecule has 0 unspecified atom stereocenters. The van der Waals surface area contributed by atoms with Gasteiger partial charge >= 0.3 is 0 Å². The van der Waals surface area contributed by atoms with Crippen LogP contribution >= 0.6 is 0 Å². The predicted octanol–water partition coefficient (Wildman–Crippen LogP) is 3.11. The van der Waals surface area contributed by atoms with Crippen LogP contribution < -0.4 is 15.8 Å². The van der Waals surface area contributed by atoms with Crippen LogP contribution in [0.5, 0.6) is 5.75 Å². The summed E-state index contributed by atoms with van der Waals surface area (Å²) in [6, 6.07) is 7.24. The second kappa shape index (κ2) is 8.67. The topological polar surface area (TPSA) is 64.3 Å². The number of nitrogens with one attached hydrogen (secondary N) is 1. The Balaban J connectivity index is 2.51. The molecule has 0 heterocycles. The summed E-state index contributed by atoms with van der Waals surface area (Å²) in [5, 5.41) is 2.91. The molecular weight excluding hydrogens is 264 g/mol. The minimum Gasteiger partial charge on any atom is -0.494 e. The fourth-order valence-corrected chi connectivity index (χ4v) is 1.90. The van der Waals surface area contributed by atoms with Gasteiger partial charge in [-0.2, -0.15) is 0 Å². The number of unbranched alkanes of at least 4 members (excludes halogenated alkanes) is 1. The lowest BCUT2D eigenvalue weighted by atomic mass is 9.94. The van der Waals surface area contributed by atoms with Crippen LogP contribution in [-0.2, 0) is 0 Å². The molecule has 0 saturated carbocycles. The lowest BCUT2D eigenvalue weighted by Crippen LogP contribution is -2.49.